The summed E-state index contributed by atoms with van der Waals surface area (Å²) in [5, 5.41) is 13.5. The molecule has 0 radical (unpaired) electrons. The third kappa shape index (κ3) is 2.30. The number of rotatable bonds is 4. The number of hydrogen-bond donors (Lipinski definition) is 1. The largest absolute Gasteiger partial charge is 0.481 e. The Morgan fingerprint density at radius 2 is 2.44 bits per heavy atom. The van der Waals surface area contributed by atoms with Crippen LogP contribution in [0.15, 0.2) is 17.4 Å². The van der Waals surface area contributed by atoms with Gasteiger partial charge in [-0.05, 0) is 13.0 Å². The Labute approximate surface area is 95.7 Å². The second-order valence-electron chi connectivity index (χ2n) is 3.20. The minimum absolute atomic E-state index is 0.127. The van der Waals surface area contributed by atoms with Crippen molar-refractivity contribution in [1.29, 1.82) is 0 Å². The van der Waals surface area contributed by atoms with Crippen LogP contribution in [-0.4, -0.2) is 36.4 Å². The van der Waals surface area contributed by atoms with Gasteiger partial charge in [-0.2, -0.15) is 14.6 Å². The van der Waals surface area contributed by atoms with E-state index in [9.17, 15) is 4.79 Å². The van der Waals surface area contributed by atoms with Crippen LogP contribution in [0, 0.1) is 6.92 Å². The van der Waals surface area contributed by atoms with Crippen molar-refractivity contribution in [1.82, 2.24) is 19.6 Å². The quantitative estimate of drug-likeness (QED) is 0.632. The van der Waals surface area contributed by atoms with Crippen molar-refractivity contribution < 1.29 is 9.90 Å². The Morgan fingerprint density at radius 3 is 3.19 bits per heavy atom. The molecule has 0 spiro atoms. The van der Waals surface area contributed by atoms with Gasteiger partial charge in [0.1, 0.15) is 11.4 Å². The van der Waals surface area contributed by atoms with Crippen LogP contribution < -0.4 is 0 Å². The summed E-state index contributed by atoms with van der Waals surface area (Å²) >= 11 is 1.44. The summed E-state index contributed by atoms with van der Waals surface area (Å²) < 4.78 is 1.61. The summed E-state index contributed by atoms with van der Waals surface area (Å²) in [4.78, 5) is 18.6. The summed E-state index contributed by atoms with van der Waals surface area (Å²) in [7, 11) is 0. The van der Waals surface area contributed by atoms with Crippen molar-refractivity contribution in [2.45, 2.75) is 18.4 Å². The first-order valence-corrected chi connectivity index (χ1v) is 5.67. The van der Waals surface area contributed by atoms with Crippen LogP contribution in [0.2, 0.25) is 0 Å². The SMILES string of the molecule is Cc1cc(SCCC(=O)O)n2ncnc2n1. The number of hydrogen-bond acceptors (Lipinski definition) is 5. The first-order chi connectivity index (χ1) is 7.66. The Bertz CT molecular complexity index is 525. The molecule has 2 aromatic heterocycles. The molecule has 7 heteroatoms. The van der Waals surface area contributed by atoms with Crippen molar-refractivity contribution in [2.24, 2.45) is 0 Å². The Morgan fingerprint density at radius 1 is 1.62 bits per heavy atom. The highest BCUT2D eigenvalue weighted by molar-refractivity contribution is 7.99. The maximum absolute atomic E-state index is 10.4. The monoisotopic (exact) mass is 238 g/mol. The molecule has 2 heterocycles. The molecule has 0 aliphatic carbocycles. The molecule has 2 aromatic rings. The van der Waals surface area contributed by atoms with E-state index in [0.717, 1.165) is 10.7 Å². The van der Waals surface area contributed by atoms with Gasteiger partial charge >= 0.3 is 5.97 Å². The molecule has 16 heavy (non-hydrogen) atoms. The van der Waals surface area contributed by atoms with Crippen molar-refractivity contribution >= 4 is 23.5 Å². The van der Waals surface area contributed by atoms with Crippen LogP contribution in [0.25, 0.3) is 5.78 Å². The van der Waals surface area contributed by atoms with Crippen LogP contribution in [0.5, 0.6) is 0 Å². The van der Waals surface area contributed by atoms with Crippen molar-refractivity contribution in [3.05, 3.63) is 18.1 Å². The van der Waals surface area contributed by atoms with E-state index in [4.69, 9.17) is 5.11 Å². The van der Waals surface area contributed by atoms with Gasteiger partial charge in [-0.3, -0.25) is 4.79 Å². The number of nitrogens with zero attached hydrogens (tertiary/aromatic N) is 4. The number of aliphatic carboxylic acids is 1. The summed E-state index contributed by atoms with van der Waals surface area (Å²) in [6.07, 6.45) is 1.56. The predicted octanol–water partition coefficient (Wildman–Crippen LogP) is 1.000. The van der Waals surface area contributed by atoms with Crippen molar-refractivity contribution in [2.75, 3.05) is 5.75 Å². The summed E-state index contributed by atoms with van der Waals surface area (Å²) in [6.45, 7) is 1.87. The van der Waals surface area contributed by atoms with Crippen LogP contribution >= 0.6 is 11.8 Å². The maximum atomic E-state index is 10.4. The van der Waals surface area contributed by atoms with Crippen LogP contribution in [0.1, 0.15) is 12.1 Å². The average molecular weight is 238 g/mol. The molecular weight excluding hydrogens is 228 g/mol. The molecule has 0 bridgehead atoms. The molecule has 2 rings (SSSR count). The second-order valence-corrected chi connectivity index (χ2v) is 4.32. The van der Waals surface area contributed by atoms with Crippen molar-refractivity contribution in [3.63, 3.8) is 0 Å². The molecule has 0 aromatic carbocycles. The van der Waals surface area contributed by atoms with Crippen LogP contribution in [0.4, 0.5) is 0 Å². The fraction of sp³-hybridized carbons (Fsp3) is 0.333. The van der Waals surface area contributed by atoms with Gasteiger partial charge in [0.25, 0.3) is 5.78 Å². The number of carbonyl (C=O) groups is 1. The zero-order chi connectivity index (χ0) is 11.5. The lowest BCUT2D eigenvalue weighted by Crippen LogP contribution is -2.00. The zero-order valence-electron chi connectivity index (χ0n) is 8.62. The average Bonchev–Trinajstić information content (AvgIpc) is 2.64. The lowest BCUT2D eigenvalue weighted by Gasteiger charge is -2.03. The van der Waals surface area contributed by atoms with Gasteiger partial charge in [0.15, 0.2) is 0 Å². The molecule has 0 fully saturated rings. The number of fused-ring (bicyclic) bond motifs is 1. The van der Waals surface area contributed by atoms with E-state index in [-0.39, 0.29) is 6.42 Å². The highest BCUT2D eigenvalue weighted by atomic mass is 32.2. The lowest BCUT2D eigenvalue weighted by atomic mass is 10.5. The van der Waals surface area contributed by atoms with Crippen LogP contribution in [0.3, 0.4) is 0 Å². The van der Waals surface area contributed by atoms with Gasteiger partial charge in [-0.1, -0.05) is 0 Å². The summed E-state index contributed by atoms with van der Waals surface area (Å²) in [5.74, 6) is 0.249. The smallest absolute Gasteiger partial charge is 0.304 e. The van der Waals surface area contributed by atoms with Gasteiger partial charge in [0.2, 0.25) is 0 Å². The minimum atomic E-state index is -0.798. The van der Waals surface area contributed by atoms with Gasteiger partial charge in [0.05, 0.1) is 6.42 Å². The number of carboxylic acid groups (broad SMARTS) is 1. The fourth-order valence-electron chi connectivity index (χ4n) is 1.24. The van der Waals surface area contributed by atoms with E-state index in [0.29, 0.717) is 11.5 Å². The topological polar surface area (TPSA) is 80.4 Å². The van der Waals surface area contributed by atoms with E-state index in [1.165, 1.54) is 18.1 Å². The van der Waals surface area contributed by atoms with E-state index < -0.39 is 5.97 Å². The Kier molecular flexibility index (Phi) is 3.04. The maximum Gasteiger partial charge on any atom is 0.304 e. The molecule has 0 saturated carbocycles. The minimum Gasteiger partial charge on any atom is -0.481 e. The molecule has 0 saturated heterocycles. The molecule has 0 atom stereocenters. The molecule has 0 unspecified atom stereocenters. The third-order valence-corrected chi connectivity index (χ3v) is 2.91. The van der Waals surface area contributed by atoms with Crippen molar-refractivity contribution in [3.8, 4) is 0 Å². The number of thioether (sulfide) groups is 1. The molecule has 0 aliphatic rings. The molecule has 84 valence electrons. The molecular formula is C9H10N4O2S. The predicted molar refractivity (Wildman–Crippen MR) is 58.5 cm³/mol. The van der Waals surface area contributed by atoms with Crippen LogP contribution in [-0.2, 0) is 4.79 Å². The van der Waals surface area contributed by atoms with Gasteiger partial charge < -0.3 is 5.11 Å². The molecule has 0 aliphatic heterocycles. The number of aromatic nitrogens is 4. The standard InChI is InChI=1S/C9H10N4O2S/c1-6-4-7(16-3-2-8(14)15)13-9(12-6)10-5-11-13/h4-5H,2-3H2,1H3,(H,14,15). The van der Waals surface area contributed by atoms with E-state index in [2.05, 4.69) is 15.1 Å². The zero-order valence-corrected chi connectivity index (χ0v) is 9.44. The number of carboxylic acids is 1. The Balaban J connectivity index is 2.22. The number of aryl methyl sites for hydroxylation is 1. The van der Waals surface area contributed by atoms with E-state index >= 15 is 0 Å². The van der Waals surface area contributed by atoms with E-state index in [1.54, 1.807) is 4.52 Å². The highest BCUT2D eigenvalue weighted by Crippen LogP contribution is 2.19. The normalized spacial score (nSPS) is 10.8. The first kappa shape index (κ1) is 10.9. The highest BCUT2D eigenvalue weighted by Gasteiger charge is 2.06. The molecule has 0 amide bonds. The molecule has 1 N–H and O–H groups in total. The van der Waals surface area contributed by atoms with Gasteiger partial charge in [-0.25, -0.2) is 4.98 Å². The Hall–Kier alpha value is -1.63. The van der Waals surface area contributed by atoms with E-state index in [1.807, 2.05) is 13.0 Å². The fourth-order valence-corrected chi connectivity index (χ4v) is 2.23. The molecule has 6 nitrogen and oxygen atoms in total. The van der Waals surface area contributed by atoms with Gasteiger partial charge in [-0.15, -0.1) is 11.8 Å². The second kappa shape index (κ2) is 4.48. The third-order valence-electron chi connectivity index (χ3n) is 1.91. The first-order valence-electron chi connectivity index (χ1n) is 4.69. The summed E-state index contributed by atoms with van der Waals surface area (Å²) in [5.41, 5.74) is 0.846. The van der Waals surface area contributed by atoms with Gasteiger partial charge in [0, 0.05) is 11.4 Å². The lowest BCUT2D eigenvalue weighted by molar-refractivity contribution is -0.136. The summed E-state index contributed by atoms with van der Waals surface area (Å²) in [6, 6.07) is 1.87.